The van der Waals surface area contributed by atoms with Crippen molar-refractivity contribution in [2.75, 3.05) is 30.9 Å². The molecule has 0 aromatic heterocycles. The second-order valence-electron chi connectivity index (χ2n) is 9.49. The molecule has 1 aliphatic rings. The number of ether oxygens (including phenoxy) is 1. The van der Waals surface area contributed by atoms with Gasteiger partial charge in [-0.15, -0.1) is 11.8 Å². The predicted molar refractivity (Wildman–Crippen MR) is 165 cm³/mol. The molecule has 5 nitrogen and oxygen atoms in total. The molecule has 3 aromatic carbocycles. The van der Waals surface area contributed by atoms with Crippen LogP contribution in [0.15, 0.2) is 72.8 Å². The first-order chi connectivity index (χ1) is 19.4. The maximum Gasteiger partial charge on any atom is 0.238 e. The van der Waals surface area contributed by atoms with Crippen LogP contribution in [0.1, 0.15) is 72.0 Å². The maximum atomic E-state index is 13.1. The van der Waals surface area contributed by atoms with Crippen LogP contribution in [0, 0.1) is 12.7 Å². The number of benzene rings is 3. The van der Waals surface area contributed by atoms with E-state index in [1.54, 1.807) is 35.2 Å². The normalized spacial score (nSPS) is 14.2. The fourth-order valence-corrected chi connectivity index (χ4v) is 5.22. The average Bonchev–Trinajstić information content (AvgIpc) is 3.35. The second-order valence-corrected chi connectivity index (χ2v) is 10.6. The monoisotopic (exact) mass is 566 g/mol. The Kier molecular flexibility index (Phi) is 15.9. The van der Waals surface area contributed by atoms with Crippen molar-refractivity contribution in [3.63, 3.8) is 0 Å². The van der Waals surface area contributed by atoms with E-state index in [1.807, 2.05) is 32.2 Å². The Balaban J connectivity index is 0.000000264. The van der Waals surface area contributed by atoms with E-state index in [9.17, 15) is 14.0 Å². The van der Waals surface area contributed by atoms with E-state index in [0.717, 1.165) is 42.9 Å². The van der Waals surface area contributed by atoms with Crippen LogP contribution in [0.4, 0.5) is 10.1 Å². The molecule has 4 rings (SSSR count). The van der Waals surface area contributed by atoms with Crippen LogP contribution >= 0.6 is 11.8 Å². The molecular formula is C33H43FN2O3S. The quantitative estimate of drug-likeness (QED) is 0.190. The first-order valence-electron chi connectivity index (χ1n) is 14.0. The zero-order valence-corrected chi connectivity index (χ0v) is 25.0. The molecule has 1 fully saturated rings. The standard InChI is InChI=1S/C17H14FNO2S.C12H18O.C4H11N/c1-11-8-12(9-20)2-7-15(11)19-16(21)10-22-17(19)13-3-5-14(18)6-4-13;1-2-3-7-10-13-11-12-8-5-4-6-9-12;1-3-4-5-2/h2-9,17H,10H2,1H3;4-6,8-9H,2-3,7,10-11H2,1H3;5H,3-4H2,1-2H3. The van der Waals surface area contributed by atoms with Gasteiger partial charge in [0, 0.05) is 17.9 Å². The van der Waals surface area contributed by atoms with Crippen molar-refractivity contribution in [1.82, 2.24) is 5.32 Å². The predicted octanol–water partition coefficient (Wildman–Crippen LogP) is 7.73. The van der Waals surface area contributed by atoms with Gasteiger partial charge in [0.1, 0.15) is 17.5 Å². The first-order valence-corrected chi connectivity index (χ1v) is 15.0. The average molecular weight is 567 g/mol. The van der Waals surface area contributed by atoms with Crippen LogP contribution in [-0.2, 0) is 16.1 Å². The number of carbonyl (C=O) groups excluding carboxylic acids is 2. The highest BCUT2D eigenvalue weighted by Crippen LogP contribution is 2.42. The van der Waals surface area contributed by atoms with Gasteiger partial charge in [0.15, 0.2) is 0 Å². The van der Waals surface area contributed by atoms with Gasteiger partial charge in [0.05, 0.1) is 12.4 Å². The molecule has 0 saturated carbocycles. The largest absolute Gasteiger partial charge is 0.377 e. The van der Waals surface area contributed by atoms with Gasteiger partial charge in [-0.2, -0.15) is 0 Å². The number of hydrogen-bond donors (Lipinski definition) is 1. The zero-order chi connectivity index (χ0) is 29.2. The van der Waals surface area contributed by atoms with E-state index in [1.165, 1.54) is 55.1 Å². The summed E-state index contributed by atoms with van der Waals surface area (Å²) in [5, 5.41) is 2.85. The number of thioether (sulfide) groups is 1. The van der Waals surface area contributed by atoms with Crippen LogP contribution in [0.3, 0.4) is 0 Å². The van der Waals surface area contributed by atoms with Crippen LogP contribution in [0.2, 0.25) is 0 Å². The molecule has 216 valence electrons. The fourth-order valence-electron chi connectivity index (χ4n) is 4.05. The summed E-state index contributed by atoms with van der Waals surface area (Å²) < 4.78 is 18.6. The summed E-state index contributed by atoms with van der Waals surface area (Å²) in [7, 11) is 1.96. The number of nitrogens with zero attached hydrogens (tertiary/aromatic N) is 1. The molecule has 40 heavy (non-hydrogen) atoms. The Morgan fingerprint density at radius 3 is 2.33 bits per heavy atom. The second kappa shape index (κ2) is 19.1. The van der Waals surface area contributed by atoms with Crippen molar-refractivity contribution >= 4 is 29.6 Å². The molecule has 3 aromatic rings. The summed E-state index contributed by atoms with van der Waals surface area (Å²) in [4.78, 5) is 24.9. The first kappa shape index (κ1) is 33.2. The third kappa shape index (κ3) is 11.2. The summed E-state index contributed by atoms with van der Waals surface area (Å²) in [5.74, 6) is 0.106. The molecule has 1 amide bonds. The number of carbonyl (C=O) groups is 2. The highest BCUT2D eigenvalue weighted by atomic mass is 32.2. The Labute approximate surface area is 243 Å². The highest BCUT2D eigenvalue weighted by Gasteiger charge is 2.34. The fraction of sp³-hybridized carbons (Fsp3) is 0.394. The minimum absolute atomic E-state index is 0.0151. The van der Waals surface area contributed by atoms with Crippen molar-refractivity contribution in [2.24, 2.45) is 0 Å². The molecule has 1 saturated heterocycles. The molecule has 0 radical (unpaired) electrons. The van der Waals surface area contributed by atoms with Crippen LogP contribution in [0.5, 0.6) is 0 Å². The van der Waals surface area contributed by atoms with Crippen molar-refractivity contribution in [3.05, 3.63) is 101 Å². The molecule has 1 atom stereocenters. The number of halogens is 1. The Bertz CT molecular complexity index is 1140. The number of aldehydes is 1. The lowest BCUT2D eigenvalue weighted by atomic mass is 10.1. The van der Waals surface area contributed by atoms with Crippen molar-refractivity contribution in [3.8, 4) is 0 Å². The van der Waals surface area contributed by atoms with Gasteiger partial charge in [-0.3, -0.25) is 14.5 Å². The summed E-state index contributed by atoms with van der Waals surface area (Å²) >= 11 is 1.52. The lowest BCUT2D eigenvalue weighted by Gasteiger charge is -2.26. The number of amides is 1. The van der Waals surface area contributed by atoms with Gasteiger partial charge in [-0.25, -0.2) is 4.39 Å². The third-order valence-electron chi connectivity index (χ3n) is 6.14. The number of anilines is 1. The van der Waals surface area contributed by atoms with E-state index >= 15 is 0 Å². The van der Waals surface area contributed by atoms with E-state index in [-0.39, 0.29) is 17.1 Å². The zero-order valence-electron chi connectivity index (χ0n) is 24.2. The van der Waals surface area contributed by atoms with Crippen LogP contribution < -0.4 is 10.2 Å². The van der Waals surface area contributed by atoms with E-state index in [2.05, 4.69) is 31.3 Å². The number of aryl methyl sites for hydroxylation is 1. The molecule has 0 aliphatic carbocycles. The van der Waals surface area contributed by atoms with Crippen molar-refractivity contribution < 1.29 is 18.7 Å². The summed E-state index contributed by atoms with van der Waals surface area (Å²) in [6, 6.07) is 21.8. The van der Waals surface area contributed by atoms with Gasteiger partial charge < -0.3 is 10.1 Å². The van der Waals surface area contributed by atoms with Crippen molar-refractivity contribution in [2.45, 2.75) is 58.4 Å². The number of rotatable bonds is 11. The van der Waals surface area contributed by atoms with Gasteiger partial charge >= 0.3 is 0 Å². The van der Waals surface area contributed by atoms with Crippen LogP contribution in [0.25, 0.3) is 0 Å². The highest BCUT2D eigenvalue weighted by molar-refractivity contribution is 8.00. The minimum atomic E-state index is -0.295. The van der Waals surface area contributed by atoms with E-state index in [0.29, 0.717) is 11.3 Å². The molecule has 1 unspecified atom stereocenters. The molecule has 1 heterocycles. The van der Waals surface area contributed by atoms with Gasteiger partial charge in [0.2, 0.25) is 5.91 Å². The molecule has 0 bridgehead atoms. The van der Waals surface area contributed by atoms with Gasteiger partial charge in [-0.05, 0) is 80.4 Å². The number of hydrogen-bond acceptors (Lipinski definition) is 5. The summed E-state index contributed by atoms with van der Waals surface area (Å²) in [6.45, 7) is 9.02. The molecule has 0 spiro atoms. The summed E-state index contributed by atoms with van der Waals surface area (Å²) in [5.41, 5.74) is 4.39. The molecule has 1 N–H and O–H groups in total. The topological polar surface area (TPSA) is 58.6 Å². The lowest BCUT2D eigenvalue weighted by molar-refractivity contribution is -0.115. The Morgan fingerprint density at radius 2 is 1.75 bits per heavy atom. The SMILES string of the molecule is CCCCCOCc1ccccc1.CCCNC.Cc1cc(C=O)ccc1N1C(=O)CSC1c1ccc(F)cc1. The molecular weight excluding hydrogens is 523 g/mol. The van der Waals surface area contributed by atoms with Crippen molar-refractivity contribution in [1.29, 1.82) is 0 Å². The lowest BCUT2D eigenvalue weighted by Crippen LogP contribution is -2.28. The third-order valence-corrected chi connectivity index (χ3v) is 7.36. The van der Waals surface area contributed by atoms with Crippen LogP contribution in [-0.4, -0.2) is 38.1 Å². The molecule has 7 heteroatoms. The minimum Gasteiger partial charge on any atom is -0.377 e. The van der Waals surface area contributed by atoms with E-state index in [4.69, 9.17) is 4.74 Å². The smallest absolute Gasteiger partial charge is 0.238 e. The van der Waals surface area contributed by atoms with Gasteiger partial charge in [-0.1, -0.05) is 69.2 Å². The number of unbranched alkanes of at least 4 members (excludes halogenated alkanes) is 2. The Morgan fingerprint density at radius 1 is 1.02 bits per heavy atom. The van der Waals surface area contributed by atoms with Gasteiger partial charge in [0.25, 0.3) is 0 Å². The Hall–Kier alpha value is -3.00. The summed E-state index contributed by atoms with van der Waals surface area (Å²) in [6.07, 6.45) is 5.73. The maximum absolute atomic E-state index is 13.1. The van der Waals surface area contributed by atoms with E-state index < -0.39 is 0 Å². The molecule has 1 aliphatic heterocycles. The number of nitrogens with one attached hydrogen (secondary N) is 1.